The van der Waals surface area contributed by atoms with Crippen molar-refractivity contribution in [3.63, 3.8) is 0 Å². The summed E-state index contributed by atoms with van der Waals surface area (Å²) in [6, 6.07) is 0. The third-order valence-electron chi connectivity index (χ3n) is 1.27. The average Bonchev–Trinajstić information content (AvgIpc) is 2.19. The first kappa shape index (κ1) is 9.92. The Balaban J connectivity index is 0.000000640. The van der Waals surface area contributed by atoms with E-state index in [1.807, 2.05) is 0 Å². The van der Waals surface area contributed by atoms with Gasteiger partial charge in [0.2, 0.25) is 0 Å². The molecule has 0 aromatic heterocycles. The summed E-state index contributed by atoms with van der Waals surface area (Å²) in [5.41, 5.74) is 0. The van der Waals surface area contributed by atoms with E-state index < -0.39 is 0 Å². The van der Waals surface area contributed by atoms with E-state index in [-0.39, 0.29) is 27.8 Å². The Kier molecular flexibility index (Phi) is 6.27. The molecule has 1 unspecified atom stereocenters. The van der Waals surface area contributed by atoms with Crippen molar-refractivity contribution in [2.75, 3.05) is 13.2 Å². The number of hydrogen-bond acceptors (Lipinski definition) is 2. The SMILES string of the molecule is ClOCC1CCCO1.[Ti]. The van der Waals surface area contributed by atoms with Gasteiger partial charge in [0.15, 0.2) is 0 Å². The van der Waals surface area contributed by atoms with Crippen molar-refractivity contribution in [1.82, 2.24) is 0 Å². The number of rotatable bonds is 2. The van der Waals surface area contributed by atoms with Gasteiger partial charge in [0.05, 0.1) is 24.6 Å². The summed E-state index contributed by atoms with van der Waals surface area (Å²) in [6.07, 6.45) is 2.49. The van der Waals surface area contributed by atoms with Gasteiger partial charge in [-0.15, -0.1) is 0 Å². The molecule has 0 aromatic rings. The minimum absolute atomic E-state index is 0. The van der Waals surface area contributed by atoms with Crippen molar-refractivity contribution < 1.29 is 30.7 Å². The molecule has 0 aromatic carbocycles. The van der Waals surface area contributed by atoms with Gasteiger partial charge in [-0.1, -0.05) is 0 Å². The van der Waals surface area contributed by atoms with Gasteiger partial charge < -0.3 is 4.74 Å². The smallest absolute Gasteiger partial charge is 0.0944 e. The summed E-state index contributed by atoms with van der Waals surface area (Å²) in [6.45, 7) is 1.40. The first-order valence-corrected chi connectivity index (χ1v) is 3.09. The van der Waals surface area contributed by atoms with E-state index in [2.05, 4.69) is 4.29 Å². The molecule has 0 N–H and O–H groups in total. The number of ether oxygens (including phenoxy) is 1. The molecule has 0 amide bonds. The molecular weight excluding hydrogens is 175 g/mol. The Morgan fingerprint density at radius 3 is 2.89 bits per heavy atom. The standard InChI is InChI=1S/C5H9ClO2.Ti/c6-8-4-5-2-1-3-7-5;/h5H,1-4H2;. The van der Waals surface area contributed by atoms with Crippen LogP contribution < -0.4 is 0 Å². The fourth-order valence-electron chi connectivity index (χ4n) is 0.846. The van der Waals surface area contributed by atoms with Crippen LogP contribution in [0.2, 0.25) is 0 Å². The molecule has 1 saturated heterocycles. The van der Waals surface area contributed by atoms with Crippen LogP contribution >= 0.6 is 11.9 Å². The Morgan fingerprint density at radius 1 is 1.67 bits per heavy atom. The Bertz CT molecular complexity index is 66.0. The molecule has 52 valence electrons. The number of hydrogen-bond donors (Lipinski definition) is 0. The second-order valence-electron chi connectivity index (χ2n) is 1.91. The topological polar surface area (TPSA) is 18.5 Å². The summed E-state index contributed by atoms with van der Waals surface area (Å²) in [5.74, 6) is 0. The molecular formula is C5H9ClO2Ti. The van der Waals surface area contributed by atoms with Crippen molar-refractivity contribution in [2.24, 2.45) is 0 Å². The van der Waals surface area contributed by atoms with E-state index in [9.17, 15) is 0 Å². The number of halogens is 1. The third-order valence-corrected chi connectivity index (χ3v) is 1.40. The molecule has 1 fully saturated rings. The van der Waals surface area contributed by atoms with Gasteiger partial charge >= 0.3 is 0 Å². The quantitative estimate of drug-likeness (QED) is 0.603. The average molecular weight is 184 g/mol. The zero-order valence-corrected chi connectivity index (χ0v) is 7.42. The van der Waals surface area contributed by atoms with Gasteiger partial charge in [-0.25, -0.2) is 0 Å². The predicted octanol–water partition coefficient (Wildman–Crippen LogP) is 1.33. The molecule has 0 aliphatic carbocycles. The molecule has 1 rings (SSSR count). The Morgan fingerprint density at radius 2 is 2.44 bits per heavy atom. The second-order valence-corrected chi connectivity index (χ2v) is 2.13. The van der Waals surface area contributed by atoms with Gasteiger partial charge in [-0.3, -0.25) is 4.29 Å². The zero-order valence-electron chi connectivity index (χ0n) is 5.10. The molecule has 4 heteroatoms. The van der Waals surface area contributed by atoms with Crippen LogP contribution in [-0.4, -0.2) is 19.3 Å². The van der Waals surface area contributed by atoms with E-state index in [4.69, 9.17) is 16.6 Å². The van der Waals surface area contributed by atoms with Gasteiger partial charge in [-0.2, -0.15) is 0 Å². The maximum Gasteiger partial charge on any atom is 0.0944 e. The second kappa shape index (κ2) is 5.69. The molecule has 1 aliphatic rings. The van der Waals surface area contributed by atoms with Crippen LogP contribution in [0.3, 0.4) is 0 Å². The molecule has 0 radical (unpaired) electrons. The van der Waals surface area contributed by atoms with E-state index in [1.54, 1.807) is 0 Å². The molecule has 1 heterocycles. The summed E-state index contributed by atoms with van der Waals surface area (Å²) in [4.78, 5) is 0. The normalized spacial score (nSPS) is 25.7. The molecule has 0 spiro atoms. The Hall–Kier alpha value is 0.924. The van der Waals surface area contributed by atoms with Gasteiger partial charge in [0, 0.05) is 28.3 Å². The van der Waals surface area contributed by atoms with Gasteiger partial charge in [-0.05, 0) is 12.8 Å². The van der Waals surface area contributed by atoms with Crippen LogP contribution in [0.25, 0.3) is 0 Å². The largest absolute Gasteiger partial charge is 0.376 e. The van der Waals surface area contributed by atoms with Crippen LogP contribution in [0, 0.1) is 0 Å². The maximum absolute atomic E-state index is 5.18. The van der Waals surface area contributed by atoms with Crippen molar-refractivity contribution in [2.45, 2.75) is 18.9 Å². The van der Waals surface area contributed by atoms with Crippen molar-refractivity contribution in [3.05, 3.63) is 0 Å². The monoisotopic (exact) mass is 184 g/mol. The first-order chi connectivity index (χ1) is 3.93. The van der Waals surface area contributed by atoms with Crippen LogP contribution in [0.15, 0.2) is 0 Å². The fraction of sp³-hybridized carbons (Fsp3) is 1.00. The first-order valence-electron chi connectivity index (χ1n) is 2.78. The van der Waals surface area contributed by atoms with E-state index in [1.165, 1.54) is 0 Å². The summed E-state index contributed by atoms with van der Waals surface area (Å²) >= 11 is 5.00. The maximum atomic E-state index is 5.18. The molecule has 2 nitrogen and oxygen atoms in total. The van der Waals surface area contributed by atoms with E-state index in [0.717, 1.165) is 19.4 Å². The van der Waals surface area contributed by atoms with Gasteiger partial charge in [0.25, 0.3) is 0 Å². The molecule has 9 heavy (non-hydrogen) atoms. The molecule has 1 atom stereocenters. The fourth-order valence-corrected chi connectivity index (χ4v) is 0.987. The van der Waals surface area contributed by atoms with Crippen LogP contribution in [0.5, 0.6) is 0 Å². The molecule has 0 saturated carbocycles. The Labute approximate surface area is 74.9 Å². The van der Waals surface area contributed by atoms with E-state index >= 15 is 0 Å². The minimum Gasteiger partial charge on any atom is -0.376 e. The van der Waals surface area contributed by atoms with Crippen molar-refractivity contribution in [1.29, 1.82) is 0 Å². The molecule has 0 bridgehead atoms. The van der Waals surface area contributed by atoms with Crippen LogP contribution in [0.1, 0.15) is 12.8 Å². The van der Waals surface area contributed by atoms with Crippen molar-refractivity contribution in [3.8, 4) is 0 Å². The predicted molar refractivity (Wildman–Crippen MR) is 30.8 cm³/mol. The minimum atomic E-state index is 0. The summed E-state index contributed by atoms with van der Waals surface area (Å²) < 4.78 is 9.56. The van der Waals surface area contributed by atoms with Crippen LogP contribution in [-0.2, 0) is 30.7 Å². The molecule has 1 aliphatic heterocycles. The van der Waals surface area contributed by atoms with Gasteiger partial charge in [0.1, 0.15) is 0 Å². The summed E-state index contributed by atoms with van der Waals surface area (Å²) in [5, 5.41) is 0. The zero-order chi connectivity index (χ0) is 5.82. The van der Waals surface area contributed by atoms with Crippen LogP contribution in [0.4, 0.5) is 0 Å². The summed E-state index contributed by atoms with van der Waals surface area (Å²) in [7, 11) is 0. The third kappa shape index (κ3) is 3.59. The van der Waals surface area contributed by atoms with Crippen molar-refractivity contribution >= 4 is 11.9 Å². The van der Waals surface area contributed by atoms with E-state index in [0.29, 0.717) is 6.61 Å².